The fraction of sp³-hybridized carbons (Fsp3) is 0.263. The summed E-state index contributed by atoms with van der Waals surface area (Å²) < 4.78 is 0. The molecule has 0 saturated heterocycles. The fourth-order valence-electron chi connectivity index (χ4n) is 3.39. The van der Waals surface area contributed by atoms with Crippen molar-refractivity contribution in [3.8, 4) is 0 Å². The molecule has 0 spiro atoms. The monoisotopic (exact) mass is 320 g/mol. The molecule has 1 atom stereocenters. The van der Waals surface area contributed by atoms with Gasteiger partial charge in [-0.3, -0.25) is 4.79 Å². The number of carbonyl (C=O) groups is 1. The molecule has 1 amide bonds. The van der Waals surface area contributed by atoms with E-state index in [0.717, 1.165) is 29.6 Å². The second kappa shape index (κ2) is 6.45. The number of aromatic amines is 1. The molecule has 3 N–H and O–H groups in total. The van der Waals surface area contributed by atoms with E-state index in [9.17, 15) is 4.79 Å². The molecule has 1 unspecified atom stereocenters. The number of benzene rings is 1. The molecule has 122 valence electrons. The molecule has 24 heavy (non-hydrogen) atoms. The van der Waals surface area contributed by atoms with Gasteiger partial charge in [-0.1, -0.05) is 24.3 Å². The number of pyridine rings is 1. The van der Waals surface area contributed by atoms with Crippen LogP contribution in [-0.4, -0.2) is 29.0 Å². The van der Waals surface area contributed by atoms with Gasteiger partial charge in [0.2, 0.25) is 5.91 Å². The van der Waals surface area contributed by atoms with Crippen LogP contribution in [0.3, 0.4) is 0 Å². The highest BCUT2D eigenvalue weighted by atomic mass is 16.1. The number of hydrogen-bond acceptors (Lipinski definition) is 3. The van der Waals surface area contributed by atoms with E-state index >= 15 is 0 Å². The average molecular weight is 320 g/mol. The summed E-state index contributed by atoms with van der Waals surface area (Å²) in [6.07, 6.45) is 5.02. The summed E-state index contributed by atoms with van der Waals surface area (Å²) in [4.78, 5) is 19.7. The fourth-order valence-corrected chi connectivity index (χ4v) is 3.39. The average Bonchev–Trinajstić information content (AvgIpc) is 3.03. The van der Waals surface area contributed by atoms with Crippen LogP contribution in [0.5, 0.6) is 0 Å². The van der Waals surface area contributed by atoms with Crippen LogP contribution in [0, 0.1) is 0 Å². The lowest BCUT2D eigenvalue weighted by Crippen LogP contribution is -2.39. The van der Waals surface area contributed by atoms with Gasteiger partial charge in [0.1, 0.15) is 5.65 Å². The van der Waals surface area contributed by atoms with Crippen LogP contribution < -0.4 is 10.6 Å². The molecular weight excluding hydrogens is 300 g/mol. The third-order valence-corrected chi connectivity index (χ3v) is 4.61. The zero-order chi connectivity index (χ0) is 16.4. The Balaban J connectivity index is 1.41. The summed E-state index contributed by atoms with van der Waals surface area (Å²) in [5, 5.41) is 7.56. The van der Waals surface area contributed by atoms with Crippen LogP contribution in [0.4, 0.5) is 0 Å². The maximum absolute atomic E-state index is 12.3. The summed E-state index contributed by atoms with van der Waals surface area (Å²) in [6.45, 7) is 1.56. The minimum Gasteiger partial charge on any atom is -0.354 e. The first-order chi connectivity index (χ1) is 11.8. The summed E-state index contributed by atoms with van der Waals surface area (Å²) in [5.41, 5.74) is 4.47. The van der Waals surface area contributed by atoms with Crippen molar-refractivity contribution in [2.75, 3.05) is 13.1 Å². The molecule has 1 aliphatic rings. The Morgan fingerprint density at radius 2 is 2.17 bits per heavy atom. The third-order valence-electron chi connectivity index (χ3n) is 4.61. The minimum atomic E-state index is 0.0320. The molecular formula is C19H20N4O. The van der Waals surface area contributed by atoms with Crippen LogP contribution in [-0.2, 0) is 17.6 Å². The van der Waals surface area contributed by atoms with E-state index in [1.54, 1.807) is 6.20 Å². The Bertz CT molecular complexity index is 870. The third kappa shape index (κ3) is 2.90. The largest absolute Gasteiger partial charge is 0.354 e. The van der Waals surface area contributed by atoms with Gasteiger partial charge in [-0.05, 0) is 41.8 Å². The van der Waals surface area contributed by atoms with E-state index in [1.165, 1.54) is 11.1 Å². The van der Waals surface area contributed by atoms with Gasteiger partial charge in [0.15, 0.2) is 0 Å². The molecule has 5 heteroatoms. The first kappa shape index (κ1) is 14.9. The Hall–Kier alpha value is -2.66. The van der Waals surface area contributed by atoms with Crippen molar-refractivity contribution >= 4 is 16.9 Å². The number of nitrogens with one attached hydrogen (secondary N) is 3. The molecule has 2 aromatic heterocycles. The van der Waals surface area contributed by atoms with Crippen LogP contribution >= 0.6 is 0 Å². The lowest BCUT2D eigenvalue weighted by atomic mass is 9.94. The van der Waals surface area contributed by atoms with Crippen molar-refractivity contribution < 1.29 is 4.79 Å². The van der Waals surface area contributed by atoms with Crippen molar-refractivity contribution in [1.29, 1.82) is 0 Å². The molecule has 0 fully saturated rings. The van der Waals surface area contributed by atoms with E-state index in [4.69, 9.17) is 0 Å². The van der Waals surface area contributed by atoms with Crippen molar-refractivity contribution in [3.63, 3.8) is 0 Å². The molecule has 0 radical (unpaired) electrons. The van der Waals surface area contributed by atoms with E-state index < -0.39 is 0 Å². The van der Waals surface area contributed by atoms with Gasteiger partial charge in [0.25, 0.3) is 0 Å². The second-order valence-corrected chi connectivity index (χ2v) is 6.15. The van der Waals surface area contributed by atoms with Gasteiger partial charge >= 0.3 is 0 Å². The van der Waals surface area contributed by atoms with E-state index in [1.807, 2.05) is 18.3 Å². The number of H-pyrrole nitrogens is 1. The predicted molar refractivity (Wildman–Crippen MR) is 93.7 cm³/mol. The second-order valence-electron chi connectivity index (χ2n) is 6.15. The Morgan fingerprint density at radius 1 is 1.25 bits per heavy atom. The molecule has 4 rings (SSSR count). The summed E-state index contributed by atoms with van der Waals surface area (Å²) in [5.74, 6) is 0.0320. The first-order valence-electron chi connectivity index (χ1n) is 8.30. The smallest absolute Gasteiger partial charge is 0.224 e. The van der Waals surface area contributed by atoms with Crippen molar-refractivity contribution in [2.24, 2.45) is 0 Å². The highest BCUT2D eigenvalue weighted by molar-refractivity contribution is 5.87. The lowest BCUT2D eigenvalue weighted by molar-refractivity contribution is -0.120. The van der Waals surface area contributed by atoms with Crippen molar-refractivity contribution in [2.45, 2.75) is 18.9 Å². The highest BCUT2D eigenvalue weighted by Gasteiger charge is 2.19. The van der Waals surface area contributed by atoms with E-state index in [0.29, 0.717) is 13.0 Å². The SMILES string of the molecule is O=C(Cc1c[nH]c2ncccc12)NCC1NCCc2ccccc21. The standard InChI is InChI=1S/C19H20N4O/c24-18(10-14-11-23-19-16(14)6-3-8-21-19)22-12-17-15-5-2-1-4-13(15)7-9-20-17/h1-6,8,11,17,20H,7,9-10,12H2,(H,21,23)(H,22,24). The number of rotatable bonds is 4. The Morgan fingerprint density at radius 3 is 3.12 bits per heavy atom. The normalized spacial score (nSPS) is 16.8. The Labute approximate surface area is 140 Å². The number of amides is 1. The zero-order valence-electron chi connectivity index (χ0n) is 13.4. The molecule has 0 aliphatic carbocycles. The van der Waals surface area contributed by atoms with E-state index in [2.05, 4.69) is 44.9 Å². The number of carbonyl (C=O) groups excluding carboxylic acids is 1. The summed E-state index contributed by atoms with van der Waals surface area (Å²) in [7, 11) is 0. The number of nitrogens with zero attached hydrogens (tertiary/aromatic N) is 1. The molecule has 3 heterocycles. The van der Waals surface area contributed by atoms with Gasteiger partial charge in [0, 0.05) is 30.4 Å². The molecule has 5 nitrogen and oxygen atoms in total. The van der Waals surface area contributed by atoms with Gasteiger partial charge in [-0.15, -0.1) is 0 Å². The van der Waals surface area contributed by atoms with Crippen LogP contribution in [0.2, 0.25) is 0 Å². The topological polar surface area (TPSA) is 69.8 Å². The number of hydrogen-bond donors (Lipinski definition) is 3. The minimum absolute atomic E-state index is 0.0320. The molecule has 0 bridgehead atoms. The van der Waals surface area contributed by atoms with Crippen LogP contribution in [0.1, 0.15) is 22.7 Å². The van der Waals surface area contributed by atoms with Gasteiger partial charge in [-0.25, -0.2) is 4.98 Å². The summed E-state index contributed by atoms with van der Waals surface area (Å²) >= 11 is 0. The maximum Gasteiger partial charge on any atom is 0.224 e. The van der Waals surface area contributed by atoms with Crippen LogP contribution in [0.25, 0.3) is 11.0 Å². The quantitative estimate of drug-likeness (QED) is 0.689. The lowest BCUT2D eigenvalue weighted by Gasteiger charge is -2.27. The van der Waals surface area contributed by atoms with Gasteiger partial charge in [0.05, 0.1) is 6.42 Å². The number of fused-ring (bicyclic) bond motifs is 2. The molecule has 1 aromatic carbocycles. The number of aromatic nitrogens is 2. The van der Waals surface area contributed by atoms with Gasteiger partial charge in [-0.2, -0.15) is 0 Å². The van der Waals surface area contributed by atoms with E-state index in [-0.39, 0.29) is 11.9 Å². The van der Waals surface area contributed by atoms with Gasteiger partial charge < -0.3 is 15.6 Å². The predicted octanol–water partition coefficient (Wildman–Crippen LogP) is 2.11. The highest BCUT2D eigenvalue weighted by Crippen LogP contribution is 2.22. The summed E-state index contributed by atoms with van der Waals surface area (Å²) in [6, 6.07) is 12.5. The maximum atomic E-state index is 12.3. The van der Waals surface area contributed by atoms with Crippen LogP contribution in [0.15, 0.2) is 48.8 Å². The van der Waals surface area contributed by atoms with Crippen molar-refractivity contribution in [1.82, 2.24) is 20.6 Å². The Kier molecular flexibility index (Phi) is 4.01. The zero-order valence-corrected chi connectivity index (χ0v) is 13.4. The molecule has 3 aromatic rings. The first-order valence-corrected chi connectivity index (χ1v) is 8.30. The van der Waals surface area contributed by atoms with Crippen molar-refractivity contribution in [3.05, 3.63) is 65.5 Å². The molecule has 0 saturated carbocycles. The molecule has 1 aliphatic heterocycles.